The summed E-state index contributed by atoms with van der Waals surface area (Å²) < 4.78 is 22.6. The Morgan fingerprint density at radius 2 is 2.00 bits per heavy atom. The van der Waals surface area contributed by atoms with Crippen LogP contribution in [0.2, 0.25) is 5.02 Å². The number of carbonyl (C=O) groups excluding carboxylic acids is 1. The molecule has 0 spiro atoms. The third-order valence-electron chi connectivity index (χ3n) is 6.50. The Morgan fingerprint density at radius 3 is 2.63 bits per heavy atom. The smallest absolute Gasteiger partial charge is 0.257 e. The largest absolute Gasteiger partial charge is 0.393 e. The van der Waals surface area contributed by atoms with Gasteiger partial charge in [-0.25, -0.2) is 4.39 Å². The third kappa shape index (κ3) is 4.23. The second-order valence-electron chi connectivity index (χ2n) is 8.80. The van der Waals surface area contributed by atoms with Crippen LogP contribution >= 0.6 is 27.5 Å². The predicted molar refractivity (Wildman–Crippen MR) is 130 cm³/mol. The number of fused-ring (bicyclic) bond motifs is 1. The minimum atomic E-state index is -1.57. The highest BCUT2D eigenvalue weighted by Gasteiger charge is 2.54. The van der Waals surface area contributed by atoms with Gasteiger partial charge >= 0.3 is 0 Å². The third-order valence-corrected chi connectivity index (χ3v) is 7.21. The molecule has 35 heavy (non-hydrogen) atoms. The number of halogens is 3. The minimum absolute atomic E-state index is 0.0200. The van der Waals surface area contributed by atoms with E-state index < -0.39 is 17.4 Å². The van der Waals surface area contributed by atoms with Crippen molar-refractivity contribution in [2.24, 2.45) is 5.92 Å². The molecule has 1 N–H and O–H groups in total. The van der Waals surface area contributed by atoms with Gasteiger partial charge in [-0.15, -0.1) is 0 Å². The molecule has 1 atom stereocenters. The monoisotopic (exact) mass is 555 g/mol. The molecule has 1 aliphatic carbocycles. The lowest BCUT2D eigenvalue weighted by atomic mass is 9.83. The molecular weight excluding hydrogens is 537 g/mol. The maximum Gasteiger partial charge on any atom is 0.257 e. The van der Waals surface area contributed by atoms with Crippen LogP contribution in [0.5, 0.6) is 0 Å². The van der Waals surface area contributed by atoms with E-state index >= 15 is 4.39 Å². The highest BCUT2D eigenvalue weighted by atomic mass is 79.9. The van der Waals surface area contributed by atoms with Crippen molar-refractivity contribution in [3.63, 3.8) is 0 Å². The van der Waals surface area contributed by atoms with Crippen molar-refractivity contribution in [3.8, 4) is 6.07 Å². The molecule has 5 rings (SSSR count). The highest BCUT2D eigenvalue weighted by Crippen LogP contribution is 2.49. The molecule has 0 bridgehead atoms. The van der Waals surface area contributed by atoms with Gasteiger partial charge in [0.25, 0.3) is 5.91 Å². The zero-order chi connectivity index (χ0) is 24.7. The Hall–Kier alpha value is -2.83. The topological polar surface area (TPSA) is 86.5 Å². The molecule has 9 heteroatoms. The Balaban J connectivity index is 1.67. The molecule has 2 heterocycles. The number of rotatable bonds is 6. The van der Waals surface area contributed by atoms with Gasteiger partial charge in [0.2, 0.25) is 0 Å². The Bertz CT molecular complexity index is 1320. The summed E-state index contributed by atoms with van der Waals surface area (Å²) in [5.74, 6) is -0.904. The van der Waals surface area contributed by atoms with Crippen molar-refractivity contribution in [1.82, 2.24) is 9.88 Å². The number of amides is 1. The minimum Gasteiger partial charge on any atom is -0.393 e. The van der Waals surface area contributed by atoms with E-state index in [1.165, 1.54) is 17.2 Å². The van der Waals surface area contributed by atoms with E-state index in [4.69, 9.17) is 21.6 Å². The first-order valence-corrected chi connectivity index (χ1v) is 12.2. The lowest BCUT2D eigenvalue weighted by Crippen LogP contribution is -2.48. The molecule has 0 radical (unpaired) electrons. The summed E-state index contributed by atoms with van der Waals surface area (Å²) in [7, 11) is 0. The summed E-state index contributed by atoms with van der Waals surface area (Å²) in [4.78, 5) is 19.6. The van der Waals surface area contributed by atoms with Crippen LogP contribution in [-0.4, -0.2) is 33.6 Å². The van der Waals surface area contributed by atoms with E-state index in [-0.39, 0.29) is 36.3 Å². The normalized spacial score (nSPS) is 23.1. The number of hydrogen-bond donors (Lipinski definition) is 1. The highest BCUT2D eigenvalue weighted by molar-refractivity contribution is 9.10. The molecule has 2 aromatic carbocycles. The molecule has 178 valence electrons. The summed E-state index contributed by atoms with van der Waals surface area (Å²) in [5, 5.41) is 19.4. The van der Waals surface area contributed by atoms with E-state index in [0.717, 1.165) is 0 Å². The quantitative estimate of drug-likeness (QED) is 0.454. The average molecular weight is 557 g/mol. The number of carbonyl (C=O) groups is 1. The van der Waals surface area contributed by atoms with Gasteiger partial charge in [0.05, 0.1) is 41.6 Å². The molecule has 0 unspecified atom stereocenters. The van der Waals surface area contributed by atoms with Crippen molar-refractivity contribution in [2.45, 2.75) is 31.2 Å². The van der Waals surface area contributed by atoms with E-state index in [0.29, 0.717) is 39.2 Å². The Labute approximate surface area is 215 Å². The Morgan fingerprint density at radius 1 is 1.26 bits per heavy atom. The van der Waals surface area contributed by atoms with Gasteiger partial charge in [-0.05, 0) is 55.2 Å². The summed E-state index contributed by atoms with van der Waals surface area (Å²) in [6, 6.07) is 15.0. The second-order valence-corrected chi connectivity index (χ2v) is 10.2. The predicted octanol–water partition coefficient (Wildman–Crippen LogP) is 5.15. The summed E-state index contributed by atoms with van der Waals surface area (Å²) in [5.41, 5.74) is 0.200. The van der Waals surface area contributed by atoms with Crippen molar-refractivity contribution >= 4 is 33.4 Å². The SMILES string of the molecule is N#Cc1ccc(CN2C(=O)c3cc(Br)cc(F)c3[C@]2(OC[C@H]2C[C@@H](O)C2)c2ccc(Cl)cc2)nc1. The first-order valence-electron chi connectivity index (χ1n) is 11.1. The molecular formula is C26H20BrClFN3O3. The number of benzene rings is 2. The molecule has 1 aliphatic heterocycles. The van der Waals surface area contributed by atoms with Crippen LogP contribution in [0, 0.1) is 23.1 Å². The Kier molecular flexibility index (Phi) is 6.36. The van der Waals surface area contributed by atoms with Gasteiger partial charge in [-0.1, -0.05) is 39.7 Å². The number of hydrogen-bond acceptors (Lipinski definition) is 5. The maximum absolute atomic E-state index is 15.7. The van der Waals surface area contributed by atoms with Crippen LogP contribution in [0.1, 0.15) is 45.6 Å². The maximum atomic E-state index is 15.7. The first kappa shape index (κ1) is 23.9. The fraction of sp³-hybridized carbons (Fsp3) is 0.269. The molecule has 1 aromatic heterocycles. The molecule has 6 nitrogen and oxygen atoms in total. The van der Waals surface area contributed by atoms with E-state index in [1.807, 2.05) is 6.07 Å². The van der Waals surface area contributed by atoms with Gasteiger partial charge in [0.15, 0.2) is 5.72 Å². The average Bonchev–Trinajstić information content (AvgIpc) is 3.05. The zero-order valence-corrected chi connectivity index (χ0v) is 20.8. The summed E-state index contributed by atoms with van der Waals surface area (Å²) in [6.45, 7) is 0.241. The van der Waals surface area contributed by atoms with Crippen LogP contribution in [0.15, 0.2) is 59.2 Å². The zero-order valence-electron chi connectivity index (χ0n) is 18.4. The van der Waals surface area contributed by atoms with Gasteiger partial charge in [0.1, 0.15) is 11.9 Å². The van der Waals surface area contributed by atoms with Crippen LogP contribution in [0.3, 0.4) is 0 Å². The van der Waals surface area contributed by atoms with Gasteiger partial charge < -0.3 is 9.84 Å². The van der Waals surface area contributed by atoms with Crippen LogP contribution in [0.4, 0.5) is 4.39 Å². The number of nitrogens with zero attached hydrogens (tertiary/aromatic N) is 3. The van der Waals surface area contributed by atoms with Crippen LogP contribution in [0.25, 0.3) is 0 Å². The molecule has 1 saturated carbocycles. The van der Waals surface area contributed by atoms with E-state index in [2.05, 4.69) is 20.9 Å². The molecule has 1 fully saturated rings. The molecule has 2 aliphatic rings. The lowest BCUT2D eigenvalue weighted by Gasteiger charge is -2.42. The molecule has 0 saturated heterocycles. The standard InChI is InChI=1S/C26H20BrClFN3O3/c27-18-9-22-24(23(29)10-18)26(17-2-4-19(28)5-3-17,35-14-16-7-21(33)8-16)32(25(22)34)13-20-6-1-15(11-30)12-31-20/h1-6,9-10,12,16,21,33H,7-8,13-14H2/t16-,21+,26-/m1/s1. The number of aromatic nitrogens is 1. The van der Waals surface area contributed by atoms with Crippen molar-refractivity contribution in [1.29, 1.82) is 5.26 Å². The summed E-state index contributed by atoms with van der Waals surface area (Å²) in [6.07, 6.45) is 2.22. The summed E-state index contributed by atoms with van der Waals surface area (Å²) >= 11 is 9.45. The number of nitriles is 1. The van der Waals surface area contributed by atoms with Crippen molar-refractivity contribution in [2.75, 3.05) is 6.61 Å². The first-order chi connectivity index (χ1) is 16.8. The second kappa shape index (κ2) is 9.32. The van der Waals surface area contributed by atoms with Gasteiger partial charge in [0, 0.05) is 21.3 Å². The lowest BCUT2D eigenvalue weighted by molar-refractivity contribution is -0.139. The number of aliphatic hydroxyl groups excluding tert-OH is 1. The van der Waals surface area contributed by atoms with E-state index in [9.17, 15) is 9.90 Å². The fourth-order valence-electron chi connectivity index (χ4n) is 4.72. The van der Waals surface area contributed by atoms with Gasteiger partial charge in [-0.2, -0.15) is 5.26 Å². The van der Waals surface area contributed by atoms with Gasteiger partial charge in [-0.3, -0.25) is 14.7 Å². The molecule has 1 amide bonds. The molecule has 3 aromatic rings. The number of aliphatic hydroxyl groups is 1. The van der Waals surface area contributed by atoms with Crippen molar-refractivity contribution < 1.29 is 19.0 Å². The number of ether oxygens (including phenoxy) is 1. The van der Waals surface area contributed by atoms with Crippen LogP contribution < -0.4 is 0 Å². The fourth-order valence-corrected chi connectivity index (χ4v) is 5.28. The van der Waals surface area contributed by atoms with Crippen molar-refractivity contribution in [3.05, 3.63) is 98.0 Å². The number of pyridine rings is 1. The van der Waals surface area contributed by atoms with Crippen LogP contribution in [-0.2, 0) is 17.0 Å². The van der Waals surface area contributed by atoms with E-state index in [1.54, 1.807) is 42.5 Å².